The fourth-order valence-corrected chi connectivity index (χ4v) is 1.56. The summed E-state index contributed by atoms with van der Waals surface area (Å²) in [6.07, 6.45) is 0.138. The lowest BCUT2D eigenvalue weighted by Gasteiger charge is -2.15. The molecule has 1 unspecified atom stereocenters. The van der Waals surface area contributed by atoms with Crippen LogP contribution in [0.4, 0.5) is 0 Å². The van der Waals surface area contributed by atoms with E-state index in [1.807, 2.05) is 24.4 Å². The van der Waals surface area contributed by atoms with Crippen LogP contribution in [0.2, 0.25) is 0 Å². The van der Waals surface area contributed by atoms with Crippen molar-refractivity contribution in [3.63, 3.8) is 0 Å². The molecule has 0 aliphatic heterocycles. The molecule has 0 radical (unpaired) electrons. The molecule has 1 heterocycles. The second-order valence-corrected chi connectivity index (χ2v) is 4.61. The third kappa shape index (κ3) is 3.24. The zero-order valence-corrected chi connectivity index (χ0v) is 9.64. The van der Waals surface area contributed by atoms with Crippen LogP contribution in [0.25, 0.3) is 0 Å². The van der Waals surface area contributed by atoms with E-state index in [-0.39, 0.29) is 18.5 Å². The van der Waals surface area contributed by atoms with Gasteiger partial charge in [0, 0.05) is 0 Å². The van der Waals surface area contributed by atoms with Gasteiger partial charge in [0.15, 0.2) is 5.78 Å². The maximum Gasteiger partial charge on any atom is 0.198 e. The van der Waals surface area contributed by atoms with Crippen molar-refractivity contribution in [3.8, 4) is 0 Å². The maximum atomic E-state index is 11.5. The minimum absolute atomic E-state index is 0.0764. The number of hydrogen-bond acceptors (Lipinski definition) is 3. The molecule has 0 aliphatic rings. The van der Waals surface area contributed by atoms with E-state index in [0.717, 1.165) is 4.88 Å². The van der Waals surface area contributed by atoms with Crippen LogP contribution < -0.4 is 0 Å². The Morgan fingerprint density at radius 3 is 2.71 bits per heavy atom. The molecule has 0 aromatic carbocycles. The summed E-state index contributed by atoms with van der Waals surface area (Å²) in [5, 5.41) is 1.90. The first-order chi connectivity index (χ1) is 6.61. The van der Waals surface area contributed by atoms with Crippen molar-refractivity contribution in [2.24, 2.45) is 5.92 Å². The summed E-state index contributed by atoms with van der Waals surface area (Å²) in [6, 6.07) is 3.71. The summed E-state index contributed by atoms with van der Waals surface area (Å²) in [5.74, 6) is 0.527. The average molecular weight is 212 g/mol. The number of thiophene rings is 1. The molecule has 1 atom stereocenters. The van der Waals surface area contributed by atoms with Crippen LogP contribution in [0.1, 0.15) is 30.4 Å². The Balaban J connectivity index is 2.36. The Morgan fingerprint density at radius 2 is 2.21 bits per heavy atom. The van der Waals surface area contributed by atoms with Gasteiger partial charge in [-0.1, -0.05) is 19.9 Å². The molecule has 3 heteroatoms. The third-order valence-electron chi connectivity index (χ3n) is 2.21. The molecule has 2 nitrogen and oxygen atoms in total. The second kappa shape index (κ2) is 5.27. The molecule has 0 spiro atoms. The second-order valence-electron chi connectivity index (χ2n) is 3.66. The Hall–Kier alpha value is -0.670. The fraction of sp³-hybridized carbons (Fsp3) is 0.545. The summed E-state index contributed by atoms with van der Waals surface area (Å²) in [6.45, 7) is 6.35. The summed E-state index contributed by atoms with van der Waals surface area (Å²) in [5.41, 5.74) is 0. The van der Waals surface area contributed by atoms with Crippen LogP contribution in [-0.2, 0) is 4.74 Å². The van der Waals surface area contributed by atoms with E-state index in [2.05, 4.69) is 13.8 Å². The van der Waals surface area contributed by atoms with Gasteiger partial charge in [-0.15, -0.1) is 11.3 Å². The van der Waals surface area contributed by atoms with Gasteiger partial charge in [0.05, 0.1) is 11.0 Å². The quantitative estimate of drug-likeness (QED) is 0.701. The number of hydrogen-bond donors (Lipinski definition) is 0. The number of rotatable bonds is 5. The van der Waals surface area contributed by atoms with Crippen LogP contribution in [-0.4, -0.2) is 18.5 Å². The highest BCUT2D eigenvalue weighted by Crippen LogP contribution is 2.11. The normalized spacial score (nSPS) is 13.1. The zero-order valence-electron chi connectivity index (χ0n) is 8.82. The number of ketones is 1. The summed E-state index contributed by atoms with van der Waals surface area (Å²) in [4.78, 5) is 12.3. The highest BCUT2D eigenvalue weighted by Gasteiger charge is 2.11. The Morgan fingerprint density at radius 1 is 1.50 bits per heavy atom. The summed E-state index contributed by atoms with van der Waals surface area (Å²) in [7, 11) is 0. The SMILES string of the molecule is CC(C)C(C)OCC(=O)c1cccs1. The van der Waals surface area contributed by atoms with Gasteiger partial charge in [-0.3, -0.25) is 4.79 Å². The Kier molecular flexibility index (Phi) is 4.29. The first-order valence-corrected chi connectivity index (χ1v) is 5.67. The first kappa shape index (κ1) is 11.4. The molecule has 1 rings (SSSR count). The third-order valence-corrected chi connectivity index (χ3v) is 3.12. The molecule has 0 saturated heterocycles. The molecule has 0 N–H and O–H groups in total. The molecule has 0 bridgehead atoms. The fourth-order valence-electron chi connectivity index (χ4n) is 0.908. The van der Waals surface area contributed by atoms with Crippen molar-refractivity contribution in [2.45, 2.75) is 26.9 Å². The van der Waals surface area contributed by atoms with E-state index >= 15 is 0 Å². The van der Waals surface area contributed by atoms with Gasteiger partial charge in [-0.25, -0.2) is 0 Å². The molecule has 0 aliphatic carbocycles. The molecule has 1 aromatic rings. The largest absolute Gasteiger partial charge is 0.370 e. The van der Waals surface area contributed by atoms with Gasteiger partial charge in [-0.2, -0.15) is 0 Å². The van der Waals surface area contributed by atoms with Crippen LogP contribution in [0.3, 0.4) is 0 Å². The van der Waals surface area contributed by atoms with Crippen LogP contribution in [0.5, 0.6) is 0 Å². The summed E-state index contributed by atoms with van der Waals surface area (Å²) < 4.78 is 5.45. The maximum absolute atomic E-state index is 11.5. The lowest BCUT2D eigenvalue weighted by Crippen LogP contribution is -2.19. The lowest BCUT2D eigenvalue weighted by molar-refractivity contribution is 0.0339. The Labute approximate surface area is 88.9 Å². The molecule has 0 fully saturated rings. The van der Waals surface area contributed by atoms with Gasteiger partial charge >= 0.3 is 0 Å². The van der Waals surface area contributed by atoms with E-state index in [4.69, 9.17) is 4.74 Å². The van der Waals surface area contributed by atoms with E-state index in [9.17, 15) is 4.79 Å². The molecule has 1 aromatic heterocycles. The molecule has 14 heavy (non-hydrogen) atoms. The highest BCUT2D eigenvalue weighted by atomic mass is 32.1. The number of Topliss-reactive ketones (excluding diaryl/α,β-unsaturated/α-hetero) is 1. The van der Waals surface area contributed by atoms with E-state index in [1.165, 1.54) is 11.3 Å². The van der Waals surface area contributed by atoms with E-state index in [1.54, 1.807) is 0 Å². The standard InChI is InChI=1S/C11H16O2S/c1-8(2)9(3)13-7-10(12)11-5-4-6-14-11/h4-6,8-9H,7H2,1-3H3. The first-order valence-electron chi connectivity index (χ1n) is 4.79. The Bertz CT molecular complexity index is 277. The van der Waals surface area contributed by atoms with Gasteiger partial charge in [0.25, 0.3) is 0 Å². The predicted octanol–water partition coefficient (Wildman–Crippen LogP) is 2.99. The van der Waals surface area contributed by atoms with Crippen molar-refractivity contribution in [3.05, 3.63) is 22.4 Å². The molecular weight excluding hydrogens is 196 g/mol. The number of ether oxygens (including phenoxy) is 1. The van der Waals surface area contributed by atoms with Crippen LogP contribution >= 0.6 is 11.3 Å². The van der Waals surface area contributed by atoms with Gasteiger partial charge in [0.2, 0.25) is 0 Å². The van der Waals surface area contributed by atoms with Gasteiger partial charge in [0.1, 0.15) is 6.61 Å². The van der Waals surface area contributed by atoms with Gasteiger partial charge in [-0.05, 0) is 24.3 Å². The molecule has 0 amide bonds. The smallest absolute Gasteiger partial charge is 0.198 e. The van der Waals surface area contributed by atoms with Crippen molar-refractivity contribution >= 4 is 17.1 Å². The van der Waals surface area contributed by atoms with Crippen molar-refractivity contribution in [2.75, 3.05) is 6.61 Å². The van der Waals surface area contributed by atoms with E-state index in [0.29, 0.717) is 5.92 Å². The van der Waals surface area contributed by atoms with Crippen molar-refractivity contribution in [1.82, 2.24) is 0 Å². The molecule has 78 valence electrons. The number of carbonyl (C=O) groups excluding carboxylic acids is 1. The lowest BCUT2D eigenvalue weighted by atomic mass is 10.1. The monoisotopic (exact) mass is 212 g/mol. The van der Waals surface area contributed by atoms with Crippen LogP contribution in [0.15, 0.2) is 17.5 Å². The zero-order chi connectivity index (χ0) is 10.6. The minimum atomic E-state index is 0.0764. The minimum Gasteiger partial charge on any atom is -0.370 e. The molecular formula is C11H16O2S. The number of carbonyl (C=O) groups is 1. The van der Waals surface area contributed by atoms with E-state index < -0.39 is 0 Å². The highest BCUT2D eigenvalue weighted by molar-refractivity contribution is 7.12. The molecule has 0 saturated carbocycles. The van der Waals surface area contributed by atoms with Gasteiger partial charge < -0.3 is 4.74 Å². The predicted molar refractivity (Wildman–Crippen MR) is 58.9 cm³/mol. The van der Waals surface area contributed by atoms with Crippen molar-refractivity contribution < 1.29 is 9.53 Å². The average Bonchev–Trinajstić information content (AvgIpc) is 2.66. The van der Waals surface area contributed by atoms with Crippen LogP contribution in [0, 0.1) is 5.92 Å². The topological polar surface area (TPSA) is 26.3 Å². The van der Waals surface area contributed by atoms with Crippen molar-refractivity contribution in [1.29, 1.82) is 0 Å². The summed E-state index contributed by atoms with van der Waals surface area (Å²) >= 11 is 1.46.